The van der Waals surface area contributed by atoms with E-state index in [1.54, 1.807) is 14.0 Å². The minimum Gasteiger partial charge on any atom is -0.492 e. The molecule has 0 aromatic heterocycles. The molecule has 3 atom stereocenters. The van der Waals surface area contributed by atoms with Gasteiger partial charge in [-0.15, -0.1) is 0 Å². The third-order valence-electron chi connectivity index (χ3n) is 5.34. The van der Waals surface area contributed by atoms with Crippen molar-refractivity contribution in [3.05, 3.63) is 24.3 Å². The van der Waals surface area contributed by atoms with E-state index in [0.717, 1.165) is 42.9 Å². The molecule has 26 heavy (non-hydrogen) atoms. The molecule has 0 unspecified atom stereocenters. The lowest BCUT2D eigenvalue weighted by molar-refractivity contribution is -0.136. The van der Waals surface area contributed by atoms with Crippen LogP contribution in [0.3, 0.4) is 0 Å². The number of hydrogen-bond donors (Lipinski definition) is 1. The number of anilines is 1. The van der Waals surface area contributed by atoms with Gasteiger partial charge in [-0.3, -0.25) is 9.69 Å². The van der Waals surface area contributed by atoms with Crippen molar-refractivity contribution >= 4 is 11.6 Å². The van der Waals surface area contributed by atoms with Crippen LogP contribution in [0, 0.1) is 11.8 Å². The molecule has 1 saturated heterocycles. The first kappa shape index (κ1) is 20.7. The highest BCUT2D eigenvalue weighted by Gasteiger charge is 2.30. The van der Waals surface area contributed by atoms with Crippen LogP contribution in [-0.2, 0) is 9.53 Å². The third-order valence-corrected chi connectivity index (χ3v) is 5.34. The average molecular weight is 363 g/mol. The quantitative estimate of drug-likeness (QED) is 0.764. The molecule has 1 amide bonds. The first-order chi connectivity index (χ1) is 12.4. The third kappa shape index (κ3) is 5.71. The Morgan fingerprint density at radius 2 is 1.85 bits per heavy atom. The molecular formula is C21H34N2O3. The highest BCUT2D eigenvalue weighted by Crippen LogP contribution is 2.22. The maximum Gasteiger partial charge on any atom is 0.256 e. The van der Waals surface area contributed by atoms with Crippen LogP contribution in [0.2, 0.25) is 0 Å². The van der Waals surface area contributed by atoms with Gasteiger partial charge in [-0.05, 0) is 55.9 Å². The van der Waals surface area contributed by atoms with Gasteiger partial charge in [0.25, 0.3) is 5.91 Å². The Morgan fingerprint density at radius 3 is 2.38 bits per heavy atom. The minimum atomic E-state index is -0.808. The smallest absolute Gasteiger partial charge is 0.256 e. The van der Waals surface area contributed by atoms with Crippen LogP contribution in [0.25, 0.3) is 0 Å². The molecule has 5 nitrogen and oxygen atoms in total. The summed E-state index contributed by atoms with van der Waals surface area (Å²) in [5.74, 6) is 2.22. The number of carbonyl (C=O) groups excluding carboxylic acids is 1. The van der Waals surface area contributed by atoms with Gasteiger partial charge in [0.05, 0.1) is 0 Å². The largest absolute Gasteiger partial charge is 0.492 e. The molecule has 2 rings (SSSR count). The summed E-state index contributed by atoms with van der Waals surface area (Å²) in [6.07, 6.45) is 1.94. The van der Waals surface area contributed by atoms with E-state index in [0.29, 0.717) is 13.0 Å². The molecular weight excluding hydrogens is 328 g/mol. The van der Waals surface area contributed by atoms with Crippen molar-refractivity contribution in [1.82, 2.24) is 4.90 Å². The fourth-order valence-corrected chi connectivity index (χ4v) is 3.56. The zero-order chi connectivity index (χ0) is 19.2. The topological polar surface area (TPSA) is 50.8 Å². The molecule has 1 aliphatic heterocycles. The molecule has 1 fully saturated rings. The predicted molar refractivity (Wildman–Crippen MR) is 106 cm³/mol. The number of amides is 1. The molecule has 1 N–H and O–H groups in total. The summed E-state index contributed by atoms with van der Waals surface area (Å²) in [7, 11) is 1.56. The number of hydrogen-bond acceptors (Lipinski definition) is 4. The van der Waals surface area contributed by atoms with Crippen molar-refractivity contribution in [2.75, 3.05) is 38.7 Å². The van der Waals surface area contributed by atoms with E-state index in [4.69, 9.17) is 9.47 Å². The maximum atomic E-state index is 12.3. The summed E-state index contributed by atoms with van der Waals surface area (Å²) in [5.41, 5.74) is -0.0597. The summed E-state index contributed by atoms with van der Waals surface area (Å²) in [6, 6.07) is 7.52. The van der Waals surface area contributed by atoms with Gasteiger partial charge in [0.2, 0.25) is 0 Å². The summed E-state index contributed by atoms with van der Waals surface area (Å²) >= 11 is 0. The van der Waals surface area contributed by atoms with E-state index in [2.05, 4.69) is 24.1 Å². The SMILES string of the molecule is CC[C@@](C)(OC)C(=O)Nc1ccc(OCCN2C[C@H](C)C[C@H](C)C2)cc1. The first-order valence-corrected chi connectivity index (χ1v) is 9.68. The van der Waals surface area contributed by atoms with E-state index in [1.165, 1.54) is 6.42 Å². The average Bonchev–Trinajstić information content (AvgIpc) is 2.61. The summed E-state index contributed by atoms with van der Waals surface area (Å²) in [6.45, 7) is 12.3. The van der Waals surface area contributed by atoms with Crippen LogP contribution in [0.15, 0.2) is 24.3 Å². The van der Waals surface area contributed by atoms with Crippen LogP contribution >= 0.6 is 0 Å². The Morgan fingerprint density at radius 1 is 1.23 bits per heavy atom. The van der Waals surface area contributed by atoms with Crippen molar-refractivity contribution < 1.29 is 14.3 Å². The number of benzene rings is 1. The van der Waals surface area contributed by atoms with Crippen molar-refractivity contribution in [1.29, 1.82) is 0 Å². The Labute approximate surface area is 158 Å². The van der Waals surface area contributed by atoms with Crippen molar-refractivity contribution in [3.63, 3.8) is 0 Å². The standard InChI is InChI=1S/C21H34N2O3/c1-6-21(4,25-5)20(24)22-18-7-9-19(10-8-18)26-12-11-23-14-16(2)13-17(3)15-23/h7-10,16-17H,6,11-15H2,1-5H3,(H,22,24)/t16-,17+,21-/m1/s1. The number of carbonyl (C=O) groups is 1. The van der Waals surface area contributed by atoms with Gasteiger partial charge < -0.3 is 14.8 Å². The lowest BCUT2D eigenvalue weighted by Gasteiger charge is -2.34. The second-order valence-electron chi connectivity index (χ2n) is 7.82. The predicted octanol–water partition coefficient (Wildman–Crippen LogP) is 3.80. The zero-order valence-corrected chi connectivity index (χ0v) is 16.9. The summed E-state index contributed by atoms with van der Waals surface area (Å²) < 4.78 is 11.2. The van der Waals surface area contributed by atoms with Gasteiger partial charge in [-0.1, -0.05) is 20.8 Å². The molecule has 1 aliphatic rings. The Bertz CT molecular complexity index is 559. The molecule has 1 aromatic carbocycles. The van der Waals surface area contributed by atoms with Gasteiger partial charge in [0.15, 0.2) is 0 Å². The van der Waals surface area contributed by atoms with Crippen LogP contribution in [-0.4, -0.2) is 49.8 Å². The van der Waals surface area contributed by atoms with Crippen LogP contribution < -0.4 is 10.1 Å². The highest BCUT2D eigenvalue weighted by atomic mass is 16.5. The molecule has 146 valence electrons. The Kier molecular flexibility index (Phi) is 7.47. The lowest BCUT2D eigenvalue weighted by atomic mass is 9.92. The number of methoxy groups -OCH3 is 1. The fraction of sp³-hybridized carbons (Fsp3) is 0.667. The second kappa shape index (κ2) is 9.38. The molecule has 1 heterocycles. The minimum absolute atomic E-state index is 0.135. The van der Waals surface area contributed by atoms with Crippen molar-refractivity contribution in [3.8, 4) is 5.75 Å². The number of nitrogens with zero attached hydrogens (tertiary/aromatic N) is 1. The van der Waals surface area contributed by atoms with Crippen LogP contribution in [0.5, 0.6) is 5.75 Å². The lowest BCUT2D eigenvalue weighted by Crippen LogP contribution is -2.41. The normalized spacial score (nSPS) is 23.3. The number of nitrogens with one attached hydrogen (secondary N) is 1. The van der Waals surface area contributed by atoms with Gasteiger partial charge in [-0.2, -0.15) is 0 Å². The van der Waals surface area contributed by atoms with Crippen LogP contribution in [0.4, 0.5) is 5.69 Å². The van der Waals surface area contributed by atoms with E-state index < -0.39 is 5.60 Å². The molecule has 0 saturated carbocycles. The molecule has 0 bridgehead atoms. The number of ether oxygens (including phenoxy) is 2. The molecule has 0 spiro atoms. The van der Waals surface area contributed by atoms with Gasteiger partial charge in [-0.25, -0.2) is 0 Å². The monoisotopic (exact) mass is 362 g/mol. The fourth-order valence-electron chi connectivity index (χ4n) is 3.56. The first-order valence-electron chi connectivity index (χ1n) is 9.68. The van der Waals surface area contributed by atoms with E-state index in [-0.39, 0.29) is 5.91 Å². The highest BCUT2D eigenvalue weighted by molar-refractivity contribution is 5.97. The van der Waals surface area contributed by atoms with Gasteiger partial charge in [0, 0.05) is 32.4 Å². The molecule has 1 aromatic rings. The maximum absolute atomic E-state index is 12.3. The van der Waals surface area contributed by atoms with Gasteiger partial charge in [0.1, 0.15) is 18.0 Å². The number of rotatable bonds is 8. The molecule has 5 heteroatoms. The van der Waals surface area contributed by atoms with Crippen molar-refractivity contribution in [2.24, 2.45) is 11.8 Å². The summed E-state index contributed by atoms with van der Waals surface area (Å²) in [5, 5.41) is 2.90. The Balaban J connectivity index is 1.79. The number of piperidine rings is 1. The second-order valence-corrected chi connectivity index (χ2v) is 7.82. The van der Waals surface area contributed by atoms with Gasteiger partial charge >= 0.3 is 0 Å². The van der Waals surface area contributed by atoms with E-state index in [1.807, 2.05) is 31.2 Å². The molecule has 0 aliphatic carbocycles. The van der Waals surface area contributed by atoms with Crippen LogP contribution in [0.1, 0.15) is 40.5 Å². The Hall–Kier alpha value is -1.59. The van der Waals surface area contributed by atoms with E-state index >= 15 is 0 Å². The zero-order valence-electron chi connectivity index (χ0n) is 16.9. The molecule has 0 radical (unpaired) electrons. The van der Waals surface area contributed by atoms with Crippen molar-refractivity contribution in [2.45, 2.75) is 46.1 Å². The van der Waals surface area contributed by atoms with E-state index in [9.17, 15) is 4.79 Å². The number of likely N-dealkylation sites (tertiary alicyclic amines) is 1. The summed E-state index contributed by atoms with van der Waals surface area (Å²) in [4.78, 5) is 14.8.